The molecule has 3 rings (SSSR count). The molecule has 0 spiro atoms. The SMILES string of the molecule is COc1ccc(-c2cc(-c3c(Cl)cccc3Cl)cc(NCCNC(C)=O)n2)c(O)c1. The zero-order valence-corrected chi connectivity index (χ0v) is 18.0. The van der Waals surface area contributed by atoms with Crippen LogP contribution in [0.1, 0.15) is 6.92 Å². The standard InChI is InChI=1S/C22H21Cl2N3O3/c1-13(28)25-8-9-26-21-11-14(22-17(23)4-3-5-18(22)24)10-19(27-21)16-7-6-15(30-2)12-20(16)29/h3-7,10-12,29H,8-9H2,1-2H3,(H,25,28)(H,26,27). The molecule has 3 aromatic rings. The summed E-state index contributed by atoms with van der Waals surface area (Å²) in [6.07, 6.45) is 0. The van der Waals surface area contributed by atoms with Crippen LogP contribution in [0, 0.1) is 0 Å². The van der Waals surface area contributed by atoms with Gasteiger partial charge < -0.3 is 20.5 Å². The number of rotatable bonds is 7. The number of amides is 1. The number of hydrogen-bond donors (Lipinski definition) is 3. The number of phenols is 1. The van der Waals surface area contributed by atoms with Gasteiger partial charge in [-0.2, -0.15) is 0 Å². The fourth-order valence-electron chi connectivity index (χ4n) is 2.96. The van der Waals surface area contributed by atoms with E-state index >= 15 is 0 Å². The molecule has 0 aliphatic rings. The maximum absolute atomic E-state index is 11.1. The predicted octanol–water partition coefficient (Wildman–Crippen LogP) is 4.98. The number of phenolic OH excluding ortho intramolecular Hbond substituents is 1. The summed E-state index contributed by atoms with van der Waals surface area (Å²) in [5.74, 6) is 1.02. The van der Waals surface area contributed by atoms with Gasteiger partial charge in [0.05, 0.1) is 12.8 Å². The van der Waals surface area contributed by atoms with Gasteiger partial charge in [0.15, 0.2) is 0 Å². The van der Waals surface area contributed by atoms with Gasteiger partial charge >= 0.3 is 0 Å². The van der Waals surface area contributed by atoms with Crippen molar-refractivity contribution in [2.45, 2.75) is 6.92 Å². The monoisotopic (exact) mass is 445 g/mol. The summed E-state index contributed by atoms with van der Waals surface area (Å²) < 4.78 is 5.16. The third kappa shape index (κ3) is 5.14. The Morgan fingerprint density at radius 3 is 2.47 bits per heavy atom. The fourth-order valence-corrected chi connectivity index (χ4v) is 3.58. The number of anilines is 1. The molecular weight excluding hydrogens is 425 g/mol. The van der Waals surface area contributed by atoms with Gasteiger partial charge in [-0.1, -0.05) is 29.3 Å². The number of pyridine rings is 1. The van der Waals surface area contributed by atoms with Crippen LogP contribution in [0.5, 0.6) is 11.5 Å². The Hall–Kier alpha value is -2.96. The number of hydrogen-bond acceptors (Lipinski definition) is 5. The van der Waals surface area contributed by atoms with Crippen LogP contribution in [0.25, 0.3) is 22.4 Å². The first-order valence-corrected chi connectivity index (χ1v) is 9.97. The molecule has 0 unspecified atom stereocenters. The van der Waals surface area contributed by atoms with Crippen LogP contribution in [0.3, 0.4) is 0 Å². The summed E-state index contributed by atoms with van der Waals surface area (Å²) >= 11 is 12.8. The van der Waals surface area contributed by atoms with Crippen LogP contribution in [0.4, 0.5) is 5.82 Å². The third-order valence-corrected chi connectivity index (χ3v) is 4.99. The largest absolute Gasteiger partial charge is 0.507 e. The summed E-state index contributed by atoms with van der Waals surface area (Å²) in [6.45, 7) is 2.38. The zero-order valence-electron chi connectivity index (χ0n) is 16.5. The maximum atomic E-state index is 11.1. The first-order valence-electron chi connectivity index (χ1n) is 9.21. The smallest absolute Gasteiger partial charge is 0.216 e. The van der Waals surface area contributed by atoms with Gasteiger partial charge in [0.2, 0.25) is 5.91 Å². The molecule has 1 amide bonds. The van der Waals surface area contributed by atoms with E-state index in [-0.39, 0.29) is 11.7 Å². The average molecular weight is 446 g/mol. The number of benzene rings is 2. The molecule has 1 heterocycles. The van der Waals surface area contributed by atoms with E-state index in [2.05, 4.69) is 15.6 Å². The number of nitrogens with zero attached hydrogens (tertiary/aromatic N) is 1. The highest BCUT2D eigenvalue weighted by atomic mass is 35.5. The summed E-state index contributed by atoms with van der Waals surface area (Å²) in [7, 11) is 1.53. The molecule has 0 aliphatic carbocycles. The number of ether oxygens (including phenoxy) is 1. The Balaban J connectivity index is 2.05. The molecule has 3 N–H and O–H groups in total. The Labute approximate surface area is 184 Å². The fraction of sp³-hybridized carbons (Fsp3) is 0.182. The first kappa shape index (κ1) is 21.7. The lowest BCUT2D eigenvalue weighted by molar-refractivity contribution is -0.118. The van der Waals surface area contributed by atoms with Crippen molar-refractivity contribution in [1.82, 2.24) is 10.3 Å². The van der Waals surface area contributed by atoms with Crippen LogP contribution in [0.15, 0.2) is 48.5 Å². The maximum Gasteiger partial charge on any atom is 0.216 e. The van der Waals surface area contributed by atoms with E-state index < -0.39 is 0 Å². The molecular formula is C22H21Cl2N3O3. The van der Waals surface area contributed by atoms with Crippen molar-refractivity contribution in [3.05, 3.63) is 58.6 Å². The number of halogens is 2. The highest BCUT2D eigenvalue weighted by Crippen LogP contribution is 2.39. The second kappa shape index (κ2) is 9.69. The molecule has 0 bridgehead atoms. The summed E-state index contributed by atoms with van der Waals surface area (Å²) in [4.78, 5) is 15.7. The van der Waals surface area contributed by atoms with Crippen molar-refractivity contribution >= 4 is 34.9 Å². The average Bonchev–Trinajstić information content (AvgIpc) is 2.70. The van der Waals surface area contributed by atoms with E-state index in [4.69, 9.17) is 27.9 Å². The van der Waals surface area contributed by atoms with Crippen LogP contribution in [-0.4, -0.2) is 36.2 Å². The molecule has 0 atom stereocenters. The van der Waals surface area contributed by atoms with E-state index in [0.717, 1.165) is 5.56 Å². The first-order chi connectivity index (χ1) is 14.4. The van der Waals surface area contributed by atoms with Gasteiger partial charge in [0.25, 0.3) is 0 Å². The lowest BCUT2D eigenvalue weighted by Gasteiger charge is -2.14. The minimum Gasteiger partial charge on any atom is -0.507 e. The van der Waals surface area contributed by atoms with Gasteiger partial charge in [0, 0.05) is 47.3 Å². The molecule has 156 valence electrons. The van der Waals surface area contributed by atoms with Crippen LogP contribution in [-0.2, 0) is 4.79 Å². The van der Waals surface area contributed by atoms with Crippen molar-refractivity contribution in [3.63, 3.8) is 0 Å². The Kier molecular flexibility index (Phi) is 7.03. The molecule has 0 saturated carbocycles. The molecule has 0 saturated heterocycles. The second-order valence-electron chi connectivity index (χ2n) is 6.52. The molecule has 8 heteroatoms. The van der Waals surface area contributed by atoms with E-state index in [1.54, 1.807) is 30.3 Å². The second-order valence-corrected chi connectivity index (χ2v) is 7.33. The molecule has 6 nitrogen and oxygen atoms in total. The minimum absolute atomic E-state index is 0.0356. The molecule has 30 heavy (non-hydrogen) atoms. The van der Waals surface area contributed by atoms with E-state index in [1.165, 1.54) is 20.1 Å². The molecule has 1 aromatic heterocycles. The number of methoxy groups -OCH3 is 1. The van der Waals surface area contributed by atoms with Gasteiger partial charge in [-0.15, -0.1) is 0 Å². The molecule has 0 fully saturated rings. The van der Waals surface area contributed by atoms with Gasteiger partial charge in [-0.3, -0.25) is 4.79 Å². The molecule has 0 radical (unpaired) electrons. The Morgan fingerprint density at radius 2 is 1.83 bits per heavy atom. The molecule has 2 aromatic carbocycles. The van der Waals surface area contributed by atoms with Gasteiger partial charge in [0.1, 0.15) is 17.3 Å². The van der Waals surface area contributed by atoms with Crippen molar-refractivity contribution in [3.8, 4) is 33.9 Å². The minimum atomic E-state index is -0.106. The lowest BCUT2D eigenvalue weighted by Crippen LogP contribution is -2.26. The topological polar surface area (TPSA) is 83.5 Å². The van der Waals surface area contributed by atoms with Crippen molar-refractivity contribution in [1.29, 1.82) is 0 Å². The predicted molar refractivity (Wildman–Crippen MR) is 121 cm³/mol. The van der Waals surface area contributed by atoms with Crippen molar-refractivity contribution < 1.29 is 14.6 Å². The number of carbonyl (C=O) groups excluding carboxylic acids is 1. The van der Waals surface area contributed by atoms with Crippen LogP contribution >= 0.6 is 23.2 Å². The third-order valence-electron chi connectivity index (χ3n) is 4.36. The number of nitrogens with one attached hydrogen (secondary N) is 2. The molecule has 0 aliphatic heterocycles. The quantitative estimate of drug-likeness (QED) is 0.446. The van der Waals surface area contributed by atoms with Gasteiger partial charge in [-0.05, 0) is 42.0 Å². The lowest BCUT2D eigenvalue weighted by atomic mass is 10.0. The van der Waals surface area contributed by atoms with Crippen molar-refractivity contribution in [2.24, 2.45) is 0 Å². The van der Waals surface area contributed by atoms with E-state index in [0.29, 0.717) is 51.5 Å². The normalized spacial score (nSPS) is 10.5. The van der Waals surface area contributed by atoms with Crippen LogP contribution < -0.4 is 15.4 Å². The van der Waals surface area contributed by atoms with Crippen molar-refractivity contribution in [2.75, 3.05) is 25.5 Å². The summed E-state index contributed by atoms with van der Waals surface area (Å²) in [5.41, 5.74) is 2.48. The van der Waals surface area contributed by atoms with E-state index in [1.807, 2.05) is 12.1 Å². The summed E-state index contributed by atoms with van der Waals surface area (Å²) in [5, 5.41) is 17.4. The Morgan fingerprint density at radius 1 is 1.10 bits per heavy atom. The zero-order chi connectivity index (χ0) is 21.7. The van der Waals surface area contributed by atoms with Crippen LogP contribution in [0.2, 0.25) is 10.0 Å². The number of aromatic hydroxyl groups is 1. The number of carbonyl (C=O) groups is 1. The Bertz CT molecular complexity index is 1050. The van der Waals surface area contributed by atoms with E-state index in [9.17, 15) is 9.90 Å². The summed E-state index contributed by atoms with van der Waals surface area (Å²) in [6, 6.07) is 13.9. The number of aromatic nitrogens is 1. The highest BCUT2D eigenvalue weighted by Gasteiger charge is 2.15. The van der Waals surface area contributed by atoms with Gasteiger partial charge in [-0.25, -0.2) is 4.98 Å². The highest BCUT2D eigenvalue weighted by molar-refractivity contribution is 6.39.